The van der Waals surface area contributed by atoms with Crippen molar-refractivity contribution in [1.29, 1.82) is 0 Å². The highest BCUT2D eigenvalue weighted by atomic mass is 32.3. The molecule has 0 amide bonds. The Labute approximate surface area is 254 Å². The van der Waals surface area contributed by atoms with Gasteiger partial charge >= 0.3 is 10.4 Å². The lowest BCUT2D eigenvalue weighted by Gasteiger charge is -2.30. The largest absolute Gasteiger partial charge is 0.494 e. The molecule has 7 N–H and O–H groups in total. The van der Waals surface area contributed by atoms with Crippen molar-refractivity contribution in [1.82, 2.24) is 40.9 Å². The number of hydrogen-bond acceptors (Lipinski definition) is 13. The summed E-state index contributed by atoms with van der Waals surface area (Å²) in [4.78, 5) is 2.16. The first-order valence-corrected chi connectivity index (χ1v) is 15.3. The van der Waals surface area contributed by atoms with Crippen molar-refractivity contribution < 1.29 is 21.9 Å². The van der Waals surface area contributed by atoms with E-state index in [0.29, 0.717) is 44.0 Å². The van der Waals surface area contributed by atoms with Crippen molar-refractivity contribution in [3.63, 3.8) is 0 Å². The zero-order valence-corrected chi connectivity index (χ0v) is 26.6. The lowest BCUT2D eigenvalue weighted by molar-refractivity contribution is 0.137. The zero-order chi connectivity index (χ0) is 31.8. The van der Waals surface area contributed by atoms with Crippen LogP contribution in [0.4, 0.5) is 0 Å². The molecule has 0 fully saturated rings. The minimum Gasteiger partial charge on any atom is -0.494 e. The fourth-order valence-electron chi connectivity index (χ4n) is 4.00. The van der Waals surface area contributed by atoms with Crippen molar-refractivity contribution in [3.05, 3.63) is 65.5 Å². The van der Waals surface area contributed by atoms with Crippen molar-refractivity contribution >= 4 is 10.4 Å². The van der Waals surface area contributed by atoms with Crippen LogP contribution in [-0.4, -0.2) is 74.7 Å². The van der Waals surface area contributed by atoms with E-state index in [2.05, 4.69) is 78.1 Å². The molecule has 43 heavy (non-hydrogen) atoms. The van der Waals surface area contributed by atoms with E-state index in [-0.39, 0.29) is 24.3 Å². The minimum atomic E-state index is -4.44. The molecule has 1 aromatic heterocycles. The van der Waals surface area contributed by atoms with Gasteiger partial charge in [0.2, 0.25) is 0 Å². The van der Waals surface area contributed by atoms with E-state index >= 15 is 0 Å². The normalized spacial score (nSPS) is 14.7. The van der Waals surface area contributed by atoms with Gasteiger partial charge in [0.05, 0.1) is 42.9 Å². The summed E-state index contributed by atoms with van der Waals surface area (Å²) < 4.78 is 41.4. The summed E-state index contributed by atoms with van der Waals surface area (Å²) in [6.45, 7) is 14.6. The molecule has 16 heteroatoms. The summed E-state index contributed by atoms with van der Waals surface area (Å²) in [5, 5.41) is 12.2. The Kier molecular flexibility index (Phi) is 11.4. The predicted molar refractivity (Wildman–Crippen MR) is 162 cm³/mol. The van der Waals surface area contributed by atoms with Gasteiger partial charge in [0, 0.05) is 49.7 Å². The molecule has 0 bridgehead atoms. The van der Waals surface area contributed by atoms with Gasteiger partial charge in [0.1, 0.15) is 5.75 Å². The Hall–Kier alpha value is -3.41. The third kappa shape index (κ3) is 12.0. The smallest absolute Gasteiger partial charge is 0.397 e. The highest BCUT2D eigenvalue weighted by molar-refractivity contribution is 7.80. The second-order valence-electron chi connectivity index (χ2n) is 12.4. The fourth-order valence-corrected chi connectivity index (χ4v) is 4.33. The molecule has 1 aromatic carbocycles. The molecule has 2 aromatic rings. The van der Waals surface area contributed by atoms with Crippen LogP contribution >= 0.6 is 0 Å². The second-order valence-corrected chi connectivity index (χ2v) is 13.5. The maximum Gasteiger partial charge on any atom is 0.397 e. The van der Waals surface area contributed by atoms with Crippen molar-refractivity contribution in [3.8, 4) is 5.75 Å². The first kappa shape index (κ1) is 34.1. The molecule has 3 rings (SSSR count). The van der Waals surface area contributed by atoms with Crippen molar-refractivity contribution in [2.45, 2.75) is 72.1 Å². The maximum absolute atomic E-state index is 10.6. The van der Waals surface area contributed by atoms with E-state index in [1.54, 1.807) is 18.3 Å². The average molecular weight is 623 g/mol. The molecule has 0 atom stereocenters. The van der Waals surface area contributed by atoms with E-state index < -0.39 is 10.4 Å². The molecular formula is C27H46N10O5S. The summed E-state index contributed by atoms with van der Waals surface area (Å²) in [5.74, 6) is 6.89. The molecule has 240 valence electrons. The van der Waals surface area contributed by atoms with Gasteiger partial charge in [0.25, 0.3) is 0 Å². The van der Waals surface area contributed by atoms with Gasteiger partial charge in [-0.05, 0) is 59.2 Å². The Morgan fingerprint density at radius 1 is 1.07 bits per heavy atom. The number of benzene rings is 1. The molecule has 0 unspecified atom stereocenters. The van der Waals surface area contributed by atoms with Gasteiger partial charge in [-0.2, -0.15) is 8.42 Å². The van der Waals surface area contributed by atoms with E-state index in [1.165, 1.54) is 5.01 Å². The topological polar surface area (TPSA) is 189 Å². The first-order valence-electron chi connectivity index (χ1n) is 13.9. The van der Waals surface area contributed by atoms with Crippen LogP contribution < -0.4 is 27.3 Å². The summed E-state index contributed by atoms with van der Waals surface area (Å²) in [7, 11) is -4.44. The molecule has 2 heterocycles. The molecule has 1 aliphatic rings. The quantitative estimate of drug-likeness (QED) is 0.0833. The van der Waals surface area contributed by atoms with Crippen LogP contribution in [0.3, 0.4) is 0 Å². The maximum atomic E-state index is 10.6. The highest BCUT2D eigenvalue weighted by Gasteiger charge is 2.24. The average Bonchev–Trinajstić information content (AvgIpc) is 3.54. The Balaban J connectivity index is 1.59. The number of nitrogens with zero attached hydrogens (tertiary/aromatic N) is 6. The molecule has 1 aliphatic heterocycles. The molecule has 0 saturated carbocycles. The number of aromatic nitrogens is 3. The van der Waals surface area contributed by atoms with Gasteiger partial charge in [-0.3, -0.25) is 14.5 Å². The lowest BCUT2D eigenvalue weighted by atomic mass is 10.1. The number of hydrogen-bond donors (Lipinski definition) is 5. The summed E-state index contributed by atoms with van der Waals surface area (Å²) in [5.41, 5.74) is 16.0. The Morgan fingerprint density at radius 2 is 1.77 bits per heavy atom. The molecule has 0 spiro atoms. The Bertz CT molecular complexity index is 1350. The number of rotatable bonds is 15. The predicted octanol–water partition coefficient (Wildman–Crippen LogP) is 1.56. The van der Waals surface area contributed by atoms with Crippen LogP contribution in [-0.2, 0) is 33.2 Å². The van der Waals surface area contributed by atoms with Crippen LogP contribution in [0.2, 0.25) is 0 Å². The van der Waals surface area contributed by atoms with Crippen LogP contribution in [0, 0.1) is 0 Å². The van der Waals surface area contributed by atoms with E-state index in [1.807, 2.05) is 28.0 Å². The third-order valence-electron chi connectivity index (χ3n) is 6.17. The van der Waals surface area contributed by atoms with Gasteiger partial charge < -0.3 is 20.9 Å². The molecular weight excluding hydrogens is 576 g/mol. The summed E-state index contributed by atoms with van der Waals surface area (Å²) in [6, 6.07) is 7.35. The van der Waals surface area contributed by atoms with Gasteiger partial charge in [-0.1, -0.05) is 17.3 Å². The molecule has 15 nitrogen and oxygen atoms in total. The number of hydrazine groups is 3. The van der Waals surface area contributed by atoms with Crippen LogP contribution in [0.15, 0.2) is 54.3 Å². The highest BCUT2D eigenvalue weighted by Crippen LogP contribution is 2.18. The van der Waals surface area contributed by atoms with E-state index in [0.717, 1.165) is 17.0 Å². The summed E-state index contributed by atoms with van der Waals surface area (Å²) in [6.07, 6.45) is 6.02. The van der Waals surface area contributed by atoms with E-state index in [9.17, 15) is 8.42 Å². The lowest BCUT2D eigenvalue weighted by Crippen LogP contribution is -2.47. The van der Waals surface area contributed by atoms with Gasteiger partial charge in [-0.15, -0.1) is 10.6 Å². The number of nitrogens with two attached hydrogens (primary N) is 2. The first-order chi connectivity index (χ1) is 20.0. The summed E-state index contributed by atoms with van der Waals surface area (Å²) >= 11 is 0. The van der Waals surface area contributed by atoms with E-state index in [4.69, 9.17) is 20.9 Å². The molecule has 0 saturated heterocycles. The minimum absolute atomic E-state index is 0.0983. The van der Waals surface area contributed by atoms with Crippen molar-refractivity contribution in [2.24, 2.45) is 11.6 Å². The van der Waals surface area contributed by atoms with Crippen molar-refractivity contribution in [2.75, 3.05) is 26.3 Å². The third-order valence-corrected chi connectivity index (χ3v) is 6.63. The molecule has 0 radical (unpaired) electrons. The molecule has 0 aliphatic carbocycles. The van der Waals surface area contributed by atoms with Crippen LogP contribution in [0.25, 0.3) is 0 Å². The number of ether oxygens (including phenoxy) is 1. The Morgan fingerprint density at radius 3 is 2.35 bits per heavy atom. The fraction of sp³-hybridized carbons (Fsp3) is 0.556. The van der Waals surface area contributed by atoms with Gasteiger partial charge in [-0.25, -0.2) is 14.7 Å². The number of nitrogens with one attached hydrogen (secondary N) is 2. The zero-order valence-electron chi connectivity index (χ0n) is 25.8. The SMILES string of the molecule is CC(C)(C)N1C=C(CN(C/C(N)=C/N(N)Cc2ccc(OCCCOS(=O)(=O)O)cc2)Cc2cn(C(C)(C)C)nn2)NN1. The second kappa shape index (κ2) is 14.4. The standard InChI is InChI=1S/C27H46N10O5S/c1-26(2,3)36-19-23(30-32-36)17-34(18-24-20-37(33-31-24)27(4,5)6)15-22(28)16-35(29)14-21-8-10-25(11-9-21)41-12-7-13-42-43(38,39)40/h8-11,16,19-20,30,32H,7,12-15,17-18,28-29H2,1-6H3,(H,38,39,40)/b22-16-. The van der Waals surface area contributed by atoms with Gasteiger partial charge in [0.15, 0.2) is 0 Å². The van der Waals surface area contributed by atoms with Crippen LogP contribution in [0.5, 0.6) is 5.75 Å². The monoisotopic (exact) mass is 622 g/mol. The van der Waals surface area contributed by atoms with Crippen LogP contribution in [0.1, 0.15) is 59.2 Å².